The minimum Gasteiger partial charge on any atom is -0.336 e. The first-order chi connectivity index (χ1) is 7.69. The number of carbonyl (C=O) groups is 1. The van der Waals surface area contributed by atoms with Gasteiger partial charge in [0.1, 0.15) is 0 Å². The summed E-state index contributed by atoms with van der Waals surface area (Å²) in [5.74, 6) is 1.05. The number of hydrogen-bond acceptors (Lipinski definition) is 2. The van der Waals surface area contributed by atoms with E-state index in [2.05, 4.69) is 4.98 Å². The molecule has 0 N–H and O–H groups in total. The van der Waals surface area contributed by atoms with Crippen molar-refractivity contribution < 1.29 is 4.79 Å². The maximum atomic E-state index is 11.7. The molecule has 86 valence electrons. The Labute approximate surface area is 100 Å². The quantitative estimate of drug-likeness (QED) is 0.755. The third kappa shape index (κ3) is 2.53. The van der Waals surface area contributed by atoms with Gasteiger partial charge in [0, 0.05) is 25.0 Å². The van der Waals surface area contributed by atoms with E-state index in [0.29, 0.717) is 24.8 Å². The number of rotatable bonds is 3. The summed E-state index contributed by atoms with van der Waals surface area (Å²) in [6.45, 7) is 3.37. The lowest BCUT2D eigenvalue weighted by molar-refractivity contribution is -0.128. The molecule has 1 fully saturated rings. The summed E-state index contributed by atoms with van der Waals surface area (Å²) in [5, 5.41) is 0. The van der Waals surface area contributed by atoms with E-state index in [0.717, 1.165) is 17.8 Å². The molecule has 2 heterocycles. The lowest BCUT2D eigenvalue weighted by atomic mass is 10.1. The minimum absolute atomic E-state index is 0.188. The second-order valence-electron chi connectivity index (χ2n) is 4.33. The van der Waals surface area contributed by atoms with Crippen LogP contribution in [0.5, 0.6) is 0 Å². The van der Waals surface area contributed by atoms with Gasteiger partial charge in [-0.25, -0.2) is 0 Å². The molecule has 16 heavy (non-hydrogen) atoms. The van der Waals surface area contributed by atoms with Gasteiger partial charge in [-0.2, -0.15) is 0 Å². The highest BCUT2D eigenvalue weighted by molar-refractivity contribution is 6.18. The highest BCUT2D eigenvalue weighted by atomic mass is 35.5. The number of hydrogen-bond donors (Lipinski definition) is 0. The van der Waals surface area contributed by atoms with E-state index in [4.69, 9.17) is 11.6 Å². The van der Waals surface area contributed by atoms with Crippen molar-refractivity contribution in [3.05, 3.63) is 29.6 Å². The van der Waals surface area contributed by atoms with Crippen LogP contribution in [-0.4, -0.2) is 28.2 Å². The molecule has 1 unspecified atom stereocenters. The first-order valence-electron chi connectivity index (χ1n) is 5.44. The zero-order chi connectivity index (χ0) is 11.5. The molecule has 0 aromatic carbocycles. The Hall–Kier alpha value is -1.09. The van der Waals surface area contributed by atoms with E-state index in [1.807, 2.05) is 30.2 Å². The van der Waals surface area contributed by atoms with Gasteiger partial charge in [0.15, 0.2) is 0 Å². The molecule has 0 aliphatic carbocycles. The average molecular weight is 239 g/mol. The SMILES string of the molecule is Cc1ccc(CN2CC(CCl)CC2=O)nc1. The zero-order valence-corrected chi connectivity index (χ0v) is 10.1. The van der Waals surface area contributed by atoms with Gasteiger partial charge in [-0.3, -0.25) is 9.78 Å². The van der Waals surface area contributed by atoms with Crippen LogP contribution in [0.4, 0.5) is 0 Å². The van der Waals surface area contributed by atoms with Crippen LogP contribution in [0.15, 0.2) is 18.3 Å². The van der Waals surface area contributed by atoms with Crippen molar-refractivity contribution in [1.82, 2.24) is 9.88 Å². The van der Waals surface area contributed by atoms with E-state index >= 15 is 0 Å². The summed E-state index contributed by atoms with van der Waals surface area (Å²) < 4.78 is 0. The molecule has 0 saturated carbocycles. The van der Waals surface area contributed by atoms with Crippen LogP contribution in [0.3, 0.4) is 0 Å². The molecular formula is C12H15ClN2O. The molecule has 0 radical (unpaired) electrons. The van der Waals surface area contributed by atoms with Crippen molar-refractivity contribution in [2.24, 2.45) is 5.92 Å². The van der Waals surface area contributed by atoms with Crippen molar-refractivity contribution in [3.8, 4) is 0 Å². The summed E-state index contributed by atoms with van der Waals surface area (Å²) in [4.78, 5) is 17.8. The summed E-state index contributed by atoms with van der Waals surface area (Å²) >= 11 is 5.77. The number of carbonyl (C=O) groups excluding carboxylic acids is 1. The van der Waals surface area contributed by atoms with E-state index < -0.39 is 0 Å². The molecule has 1 aromatic rings. The maximum Gasteiger partial charge on any atom is 0.223 e. The fourth-order valence-electron chi connectivity index (χ4n) is 1.90. The van der Waals surface area contributed by atoms with E-state index in [1.54, 1.807) is 0 Å². The smallest absolute Gasteiger partial charge is 0.223 e. The number of aromatic nitrogens is 1. The second-order valence-corrected chi connectivity index (χ2v) is 4.63. The van der Waals surface area contributed by atoms with Crippen LogP contribution in [0, 0.1) is 12.8 Å². The van der Waals surface area contributed by atoms with Gasteiger partial charge in [-0.1, -0.05) is 6.07 Å². The Kier molecular flexibility index (Phi) is 3.44. The predicted molar refractivity (Wildman–Crippen MR) is 63.2 cm³/mol. The van der Waals surface area contributed by atoms with Crippen molar-refractivity contribution in [2.75, 3.05) is 12.4 Å². The molecule has 0 bridgehead atoms. The number of halogens is 1. The third-order valence-corrected chi connectivity index (χ3v) is 3.27. The molecule has 1 aromatic heterocycles. The number of likely N-dealkylation sites (tertiary alicyclic amines) is 1. The number of aryl methyl sites for hydroxylation is 1. The zero-order valence-electron chi connectivity index (χ0n) is 9.32. The highest BCUT2D eigenvalue weighted by Crippen LogP contribution is 2.20. The molecule has 3 nitrogen and oxygen atoms in total. The summed E-state index contributed by atoms with van der Waals surface area (Å²) in [6.07, 6.45) is 2.41. The number of pyridine rings is 1. The summed E-state index contributed by atoms with van der Waals surface area (Å²) in [6, 6.07) is 3.98. The van der Waals surface area contributed by atoms with Crippen LogP contribution in [0.1, 0.15) is 17.7 Å². The Bertz CT molecular complexity index is 377. The van der Waals surface area contributed by atoms with E-state index in [1.165, 1.54) is 0 Å². The standard InChI is InChI=1S/C12H15ClN2O/c1-9-2-3-11(14-6-9)8-15-7-10(5-13)4-12(15)16/h2-3,6,10H,4-5,7-8H2,1H3. The van der Waals surface area contributed by atoms with Gasteiger partial charge in [0.2, 0.25) is 5.91 Å². The molecular weight excluding hydrogens is 224 g/mol. The molecule has 0 spiro atoms. The molecule has 1 saturated heterocycles. The lowest BCUT2D eigenvalue weighted by Gasteiger charge is -2.15. The highest BCUT2D eigenvalue weighted by Gasteiger charge is 2.28. The Morgan fingerprint density at radius 1 is 1.56 bits per heavy atom. The van der Waals surface area contributed by atoms with Gasteiger partial charge < -0.3 is 4.90 Å². The number of nitrogens with zero attached hydrogens (tertiary/aromatic N) is 2. The van der Waals surface area contributed by atoms with Crippen LogP contribution in [0.2, 0.25) is 0 Å². The number of amides is 1. The number of alkyl halides is 1. The van der Waals surface area contributed by atoms with E-state index in [9.17, 15) is 4.79 Å². The van der Waals surface area contributed by atoms with Crippen LogP contribution >= 0.6 is 11.6 Å². The average Bonchev–Trinajstić information content (AvgIpc) is 2.63. The fraction of sp³-hybridized carbons (Fsp3) is 0.500. The maximum absolute atomic E-state index is 11.7. The molecule has 1 amide bonds. The molecule has 1 atom stereocenters. The van der Waals surface area contributed by atoms with Gasteiger partial charge in [-0.15, -0.1) is 11.6 Å². The van der Waals surface area contributed by atoms with Crippen molar-refractivity contribution in [3.63, 3.8) is 0 Å². The fourth-order valence-corrected chi connectivity index (χ4v) is 2.10. The molecule has 1 aliphatic heterocycles. The van der Waals surface area contributed by atoms with Gasteiger partial charge in [0.25, 0.3) is 0 Å². The normalized spacial score (nSPS) is 20.5. The van der Waals surface area contributed by atoms with Crippen molar-refractivity contribution in [1.29, 1.82) is 0 Å². The van der Waals surface area contributed by atoms with Gasteiger partial charge >= 0.3 is 0 Å². The first-order valence-corrected chi connectivity index (χ1v) is 5.97. The van der Waals surface area contributed by atoms with Crippen LogP contribution in [-0.2, 0) is 11.3 Å². The van der Waals surface area contributed by atoms with Gasteiger partial charge in [0.05, 0.1) is 12.2 Å². The first kappa shape index (κ1) is 11.4. The van der Waals surface area contributed by atoms with E-state index in [-0.39, 0.29) is 5.91 Å². The predicted octanol–water partition coefficient (Wildman–Crippen LogP) is 1.98. The monoisotopic (exact) mass is 238 g/mol. The molecule has 1 aliphatic rings. The Balaban J connectivity index is 2.00. The Morgan fingerprint density at radius 2 is 2.38 bits per heavy atom. The second kappa shape index (κ2) is 4.83. The third-order valence-electron chi connectivity index (χ3n) is 2.84. The minimum atomic E-state index is 0.188. The summed E-state index contributed by atoms with van der Waals surface area (Å²) in [5.41, 5.74) is 2.07. The van der Waals surface area contributed by atoms with Crippen LogP contribution in [0.25, 0.3) is 0 Å². The molecule has 4 heteroatoms. The van der Waals surface area contributed by atoms with Crippen LogP contribution < -0.4 is 0 Å². The largest absolute Gasteiger partial charge is 0.336 e. The topological polar surface area (TPSA) is 33.2 Å². The molecule has 2 rings (SSSR count). The van der Waals surface area contributed by atoms with Gasteiger partial charge in [-0.05, 0) is 24.5 Å². The summed E-state index contributed by atoms with van der Waals surface area (Å²) in [7, 11) is 0. The Morgan fingerprint density at radius 3 is 2.94 bits per heavy atom. The lowest BCUT2D eigenvalue weighted by Crippen LogP contribution is -2.25. The van der Waals surface area contributed by atoms with Crippen molar-refractivity contribution >= 4 is 17.5 Å². The van der Waals surface area contributed by atoms with Crippen molar-refractivity contribution in [2.45, 2.75) is 19.9 Å².